The van der Waals surface area contributed by atoms with Crippen molar-refractivity contribution in [2.45, 2.75) is 13.8 Å². The molecule has 35 heavy (non-hydrogen) atoms. The summed E-state index contributed by atoms with van der Waals surface area (Å²) in [5.41, 5.74) is 3.94. The lowest BCUT2D eigenvalue weighted by atomic mass is 10.1. The molecule has 11 nitrogen and oxygen atoms in total. The van der Waals surface area contributed by atoms with Crippen LogP contribution in [0.2, 0.25) is 0 Å². The van der Waals surface area contributed by atoms with Gasteiger partial charge in [0.1, 0.15) is 22.8 Å². The molecule has 4 aromatic heterocycles. The second-order valence-electron chi connectivity index (χ2n) is 8.21. The first-order valence-electron chi connectivity index (χ1n) is 11.0. The highest BCUT2D eigenvalue weighted by atomic mass is 16.5. The summed E-state index contributed by atoms with van der Waals surface area (Å²) < 4.78 is 8.89. The van der Waals surface area contributed by atoms with E-state index in [1.807, 2.05) is 57.4 Å². The first-order valence-corrected chi connectivity index (χ1v) is 11.0. The van der Waals surface area contributed by atoms with Gasteiger partial charge in [0.05, 0.1) is 24.2 Å². The van der Waals surface area contributed by atoms with Gasteiger partial charge >= 0.3 is 0 Å². The van der Waals surface area contributed by atoms with E-state index in [0.29, 0.717) is 45.6 Å². The largest absolute Gasteiger partial charge is 0.494 e. The normalized spacial score (nSPS) is 11.1. The van der Waals surface area contributed by atoms with Crippen LogP contribution in [0.25, 0.3) is 22.3 Å². The van der Waals surface area contributed by atoms with Crippen molar-refractivity contribution >= 4 is 34.0 Å². The number of hydrogen-bond donors (Lipinski definition) is 3. The first kappa shape index (κ1) is 22.1. The van der Waals surface area contributed by atoms with Gasteiger partial charge in [0.25, 0.3) is 5.56 Å². The summed E-state index contributed by atoms with van der Waals surface area (Å²) in [7, 11) is 5.13. The van der Waals surface area contributed by atoms with Crippen molar-refractivity contribution in [3.8, 4) is 17.0 Å². The Kier molecular flexibility index (Phi) is 5.44. The molecular formula is C24H25N9O2. The molecule has 0 fully saturated rings. The van der Waals surface area contributed by atoms with Crippen LogP contribution in [0.1, 0.15) is 11.5 Å². The number of anilines is 4. The lowest BCUT2D eigenvalue weighted by molar-refractivity contribution is 0.418. The average molecular weight is 472 g/mol. The zero-order valence-corrected chi connectivity index (χ0v) is 20.0. The summed E-state index contributed by atoms with van der Waals surface area (Å²) in [6.07, 6.45) is 1.87. The summed E-state index contributed by atoms with van der Waals surface area (Å²) in [6, 6.07) is 11.3. The van der Waals surface area contributed by atoms with Gasteiger partial charge in [0.15, 0.2) is 11.4 Å². The van der Waals surface area contributed by atoms with Gasteiger partial charge in [0.2, 0.25) is 0 Å². The second-order valence-corrected chi connectivity index (χ2v) is 8.21. The van der Waals surface area contributed by atoms with E-state index in [9.17, 15) is 4.79 Å². The third-order valence-corrected chi connectivity index (χ3v) is 5.51. The lowest BCUT2D eigenvalue weighted by Gasteiger charge is -2.15. The fourth-order valence-electron chi connectivity index (χ4n) is 4.06. The second kappa shape index (κ2) is 8.60. The fraction of sp³-hybridized carbons (Fsp3) is 0.208. The molecule has 0 unspecified atom stereocenters. The third-order valence-electron chi connectivity index (χ3n) is 5.51. The number of para-hydroxylation sites is 1. The summed E-state index contributed by atoms with van der Waals surface area (Å²) in [5.74, 6) is 2.39. The molecule has 4 heterocycles. The Bertz CT molecular complexity index is 1590. The van der Waals surface area contributed by atoms with E-state index in [-0.39, 0.29) is 5.56 Å². The number of aromatic amines is 1. The lowest BCUT2D eigenvalue weighted by Crippen LogP contribution is -2.12. The minimum absolute atomic E-state index is 0.199. The van der Waals surface area contributed by atoms with Gasteiger partial charge < -0.3 is 15.4 Å². The number of pyridine rings is 1. The third kappa shape index (κ3) is 4.19. The van der Waals surface area contributed by atoms with E-state index in [1.54, 1.807) is 24.9 Å². The Morgan fingerprint density at radius 1 is 0.971 bits per heavy atom. The number of methoxy groups -OCH3 is 1. The number of aryl methyl sites for hydroxylation is 4. The number of ether oxygens (including phenoxy) is 1. The van der Waals surface area contributed by atoms with Gasteiger partial charge in [-0.15, -0.1) is 0 Å². The number of benzene rings is 1. The van der Waals surface area contributed by atoms with E-state index in [1.165, 1.54) is 4.68 Å². The minimum Gasteiger partial charge on any atom is -0.494 e. The van der Waals surface area contributed by atoms with Gasteiger partial charge in [-0.25, -0.2) is 15.0 Å². The Morgan fingerprint density at radius 3 is 2.49 bits per heavy atom. The van der Waals surface area contributed by atoms with Crippen LogP contribution in [-0.2, 0) is 14.1 Å². The Balaban J connectivity index is 1.61. The summed E-state index contributed by atoms with van der Waals surface area (Å²) in [6.45, 7) is 3.73. The Morgan fingerprint density at radius 2 is 1.77 bits per heavy atom. The maximum atomic E-state index is 12.9. The molecule has 0 bridgehead atoms. The molecule has 5 aromatic rings. The monoisotopic (exact) mass is 471 g/mol. The topological polar surface area (TPSA) is 128 Å². The van der Waals surface area contributed by atoms with Gasteiger partial charge in [-0.1, -0.05) is 6.07 Å². The molecule has 0 aliphatic carbocycles. The molecule has 0 amide bonds. The van der Waals surface area contributed by atoms with Crippen molar-refractivity contribution in [3.63, 3.8) is 0 Å². The maximum absolute atomic E-state index is 12.9. The van der Waals surface area contributed by atoms with Gasteiger partial charge in [-0.3, -0.25) is 19.3 Å². The number of rotatable bonds is 6. The zero-order valence-electron chi connectivity index (χ0n) is 20.0. The van der Waals surface area contributed by atoms with Gasteiger partial charge in [-0.2, -0.15) is 5.10 Å². The van der Waals surface area contributed by atoms with Gasteiger partial charge in [0, 0.05) is 43.7 Å². The van der Waals surface area contributed by atoms with Crippen LogP contribution in [-0.4, -0.2) is 41.6 Å². The van der Waals surface area contributed by atoms with Crippen molar-refractivity contribution in [2.75, 3.05) is 17.7 Å². The summed E-state index contributed by atoms with van der Waals surface area (Å²) in [4.78, 5) is 26.2. The maximum Gasteiger partial charge on any atom is 0.277 e. The fourth-order valence-corrected chi connectivity index (χ4v) is 4.06. The molecule has 178 valence electrons. The van der Waals surface area contributed by atoms with Crippen LogP contribution >= 0.6 is 0 Å². The molecule has 11 heteroatoms. The standard InChI is InChI=1S/C24H25N9O2/c1-13-11-19(26-14(2)25-13)28-20-12-18(21-23(29-20)31-33(4)24(21)34)27-17-8-6-7-15(22(17)35-5)16-9-10-32(3)30-16/h6-12H,1-5H3,(H3,25,26,27,28,29,31). The number of nitrogens with one attached hydrogen (secondary N) is 3. The smallest absolute Gasteiger partial charge is 0.277 e. The number of hydrogen-bond acceptors (Lipinski definition) is 8. The van der Waals surface area contributed by atoms with E-state index < -0.39 is 0 Å². The molecule has 1 aromatic carbocycles. The minimum atomic E-state index is -0.199. The Hall–Kier alpha value is -4.67. The van der Waals surface area contributed by atoms with Crippen LogP contribution < -0.4 is 20.9 Å². The van der Waals surface area contributed by atoms with Crippen LogP contribution in [0.5, 0.6) is 5.75 Å². The molecular weight excluding hydrogens is 446 g/mol. The predicted molar refractivity (Wildman–Crippen MR) is 135 cm³/mol. The number of aromatic nitrogens is 7. The van der Waals surface area contributed by atoms with E-state index in [4.69, 9.17) is 4.74 Å². The Labute approximate surface area is 200 Å². The molecule has 0 spiro atoms. The highest BCUT2D eigenvalue weighted by Crippen LogP contribution is 2.38. The molecule has 0 saturated heterocycles. The van der Waals surface area contributed by atoms with E-state index >= 15 is 0 Å². The number of H-pyrrole nitrogens is 1. The van der Waals surface area contributed by atoms with Crippen LogP contribution in [0.4, 0.5) is 23.0 Å². The molecule has 3 N–H and O–H groups in total. The van der Waals surface area contributed by atoms with Crippen molar-refractivity contribution < 1.29 is 4.74 Å². The molecule has 0 saturated carbocycles. The highest BCUT2D eigenvalue weighted by molar-refractivity contribution is 5.94. The molecule has 5 rings (SSSR count). The average Bonchev–Trinajstić information content (AvgIpc) is 3.35. The van der Waals surface area contributed by atoms with Crippen LogP contribution in [0.3, 0.4) is 0 Å². The van der Waals surface area contributed by atoms with Crippen LogP contribution in [0, 0.1) is 13.8 Å². The summed E-state index contributed by atoms with van der Waals surface area (Å²) in [5, 5.41) is 14.5. The number of nitrogens with zero attached hydrogens (tertiary/aromatic N) is 6. The van der Waals surface area contributed by atoms with Crippen molar-refractivity contribution in [1.82, 2.24) is 34.5 Å². The molecule has 0 aliphatic rings. The molecule has 0 aliphatic heterocycles. The highest BCUT2D eigenvalue weighted by Gasteiger charge is 2.18. The number of fused-ring (bicyclic) bond motifs is 1. The summed E-state index contributed by atoms with van der Waals surface area (Å²) >= 11 is 0. The van der Waals surface area contributed by atoms with E-state index in [0.717, 1.165) is 17.0 Å². The molecule has 0 atom stereocenters. The quantitative estimate of drug-likeness (QED) is 0.343. The van der Waals surface area contributed by atoms with E-state index in [2.05, 4.69) is 35.8 Å². The molecule has 0 radical (unpaired) electrons. The van der Waals surface area contributed by atoms with Gasteiger partial charge in [-0.05, 0) is 32.0 Å². The first-order chi connectivity index (χ1) is 16.8. The van der Waals surface area contributed by atoms with Crippen LogP contribution in [0.15, 0.2) is 47.4 Å². The van der Waals surface area contributed by atoms with Crippen molar-refractivity contribution in [2.24, 2.45) is 14.1 Å². The van der Waals surface area contributed by atoms with Crippen molar-refractivity contribution in [3.05, 3.63) is 64.5 Å². The SMILES string of the molecule is COc1c(Nc2cc(Nc3cc(C)nc(C)n3)nc3[nH]n(C)c(=O)c23)cccc1-c1ccn(C)n1. The predicted octanol–water partition coefficient (Wildman–Crippen LogP) is 3.56. The van der Waals surface area contributed by atoms with Crippen molar-refractivity contribution in [1.29, 1.82) is 0 Å². The zero-order chi connectivity index (χ0) is 24.7.